The SMILES string of the molecule is CCCCCCN(CCCCCC)c1cc2c#cc3cc([N+](=O)[O-])cc(c#cc4cc(N(CCCCCC)CCCCCC)cc(c#cc5cc([N+](=O)[O-])cc(c#cc6cc(N(CCCCCC)CCCCCC)cc(c#cc7cc([N+](=O)[O-])cc(c#cc(c1)c2)c7)c6)c5)c4)c3. The molecule has 0 atom stereocenters. The summed E-state index contributed by atoms with van der Waals surface area (Å²) in [5, 5.41) is 44.3. The van der Waals surface area contributed by atoms with Crippen LogP contribution in [0.2, 0.25) is 0 Å². The molecule has 0 amide bonds. The lowest BCUT2D eigenvalue weighted by Crippen LogP contribution is -2.25. The van der Waals surface area contributed by atoms with Gasteiger partial charge in [0.2, 0.25) is 0 Å². The van der Waals surface area contributed by atoms with E-state index < -0.39 is 14.8 Å². The average molecular weight is 1290 g/mol. The lowest BCUT2D eigenvalue weighted by molar-refractivity contribution is -0.384. The van der Waals surface area contributed by atoms with E-state index in [0.29, 0.717) is 64.6 Å². The van der Waals surface area contributed by atoms with Crippen LogP contribution in [-0.4, -0.2) is 54.0 Å². The average Bonchev–Trinajstić information content (AvgIpc) is 0.921. The quantitative estimate of drug-likeness (QED) is 0.0213. The van der Waals surface area contributed by atoms with Crippen LogP contribution in [0.1, 0.15) is 196 Å². The maximum absolute atomic E-state index is 12.7. The van der Waals surface area contributed by atoms with Gasteiger partial charge >= 0.3 is 0 Å². The molecule has 498 valence electrons. The molecule has 0 N–H and O–H groups in total. The highest BCUT2D eigenvalue weighted by Crippen LogP contribution is 2.27. The first-order valence-corrected chi connectivity index (χ1v) is 35.5. The van der Waals surface area contributed by atoms with Crippen LogP contribution in [0.3, 0.4) is 0 Å². The third-order valence-corrected chi connectivity index (χ3v) is 17.0. The Kier molecular flexibility index (Phi) is 31.1. The standard InChI is InChI=1S/C84H96N6O6/c1-7-13-19-25-43-85(44-26-20-14-8-2)79-55-67-31-37-73-52-75(63-82(61-73)88(91)92)39-33-69-50-71(59-80(57-69)86(45-27-21-15-9-3)46-28-22-16-10-4)35-41-77-54-78(66-84(65-77)90(95)96)42-36-72-51-70(58-81(60-72)87(47-29-23-17-11-5)48-30-24-18-12-6)34-40-76-53-74(38-32-68(49-67)56-79)62-83(64-76)89(93)94/h49-66H,7-30,43-48H2,1-6H3. The lowest BCUT2D eigenvalue weighted by atomic mass is 10.1. The Morgan fingerprint density at radius 2 is 0.375 bits per heavy atom. The van der Waals surface area contributed by atoms with Crippen LogP contribution in [0.15, 0.2) is 109 Å². The summed E-state index contributed by atoms with van der Waals surface area (Å²) in [6.45, 7) is 18.3. The molecule has 0 radical (unpaired) electrons. The van der Waals surface area contributed by atoms with Gasteiger partial charge in [0.15, 0.2) is 0 Å². The number of hydrogen-bond acceptors (Lipinski definition) is 9. The zero-order valence-electron chi connectivity index (χ0n) is 57.7. The van der Waals surface area contributed by atoms with Crippen LogP contribution in [0.25, 0.3) is 64.6 Å². The number of non-ortho nitro benzene ring substituents is 3. The molecule has 12 bridgehead atoms. The number of nitro benzene ring substituents is 3. The van der Waals surface area contributed by atoms with Crippen molar-refractivity contribution in [2.24, 2.45) is 0 Å². The number of nitro groups is 3. The Labute approximate surface area is 572 Å². The molecule has 7 rings (SSSR count). The third kappa shape index (κ3) is 25.2. The molecule has 0 aliphatic carbocycles. The van der Waals surface area contributed by atoms with Gasteiger partial charge in [0, 0.05) is 157 Å². The van der Waals surface area contributed by atoms with Crippen molar-refractivity contribution in [3.05, 3.63) is 212 Å². The van der Waals surface area contributed by atoms with Crippen molar-refractivity contribution in [2.45, 2.75) is 196 Å². The van der Waals surface area contributed by atoms with Gasteiger partial charge in [0.25, 0.3) is 17.1 Å². The Morgan fingerprint density at radius 1 is 0.229 bits per heavy atom. The number of unbranched alkanes of at least 4 members (excludes halogenated alkanes) is 18. The molecule has 96 heavy (non-hydrogen) atoms. The Balaban J connectivity index is 1.58. The normalized spacial score (nSPS) is 10.6. The van der Waals surface area contributed by atoms with Crippen molar-refractivity contribution >= 4 is 98.8 Å². The van der Waals surface area contributed by atoms with E-state index in [1.165, 1.54) is 36.4 Å². The highest BCUT2D eigenvalue weighted by atomic mass is 16.6. The number of hydrogen-bond donors (Lipinski definition) is 0. The van der Waals surface area contributed by atoms with Gasteiger partial charge in [-0.15, -0.1) is 0 Å². The predicted molar refractivity (Wildman–Crippen MR) is 398 cm³/mol. The minimum atomic E-state index is -0.432. The first-order chi connectivity index (χ1) is 46.8. The Bertz CT molecular complexity index is 3380. The molecule has 0 saturated carbocycles. The highest BCUT2D eigenvalue weighted by Gasteiger charge is 2.13. The first kappa shape index (κ1) is 73.7. The summed E-state index contributed by atoms with van der Waals surface area (Å²) in [6.07, 6.45) is 26.2. The minimum absolute atomic E-state index is 0.152. The van der Waals surface area contributed by atoms with Gasteiger partial charge in [-0.05, 0) is 111 Å². The Morgan fingerprint density at radius 3 is 0.510 bits per heavy atom. The molecule has 7 aromatic rings. The number of benzene rings is 6. The summed E-state index contributed by atoms with van der Waals surface area (Å²) in [5.74, 6) is 0. The first-order valence-electron chi connectivity index (χ1n) is 35.5. The summed E-state index contributed by atoms with van der Waals surface area (Å²) in [4.78, 5) is 43.9. The maximum Gasteiger partial charge on any atom is 0.271 e. The third-order valence-electron chi connectivity index (χ3n) is 17.0. The van der Waals surface area contributed by atoms with E-state index in [2.05, 4.69) is 165 Å². The van der Waals surface area contributed by atoms with E-state index in [4.69, 9.17) is 0 Å². The minimum Gasteiger partial charge on any atom is -0.371 e. The van der Waals surface area contributed by atoms with Gasteiger partial charge in [-0.3, -0.25) is 30.3 Å². The zero-order valence-corrected chi connectivity index (χ0v) is 57.7. The molecule has 0 unspecified atom stereocenters. The van der Waals surface area contributed by atoms with Gasteiger partial charge in [-0.2, -0.15) is 0 Å². The van der Waals surface area contributed by atoms with Crippen molar-refractivity contribution in [3.8, 4) is 0 Å². The fourth-order valence-corrected chi connectivity index (χ4v) is 11.7. The molecule has 0 aliphatic heterocycles. The van der Waals surface area contributed by atoms with Crippen molar-refractivity contribution in [3.63, 3.8) is 0 Å². The van der Waals surface area contributed by atoms with Crippen LogP contribution in [0.4, 0.5) is 34.1 Å². The van der Waals surface area contributed by atoms with Gasteiger partial charge in [0.1, 0.15) is 0 Å². The highest BCUT2D eigenvalue weighted by molar-refractivity contribution is 5.79. The van der Waals surface area contributed by atoms with Crippen molar-refractivity contribution in [1.82, 2.24) is 0 Å². The van der Waals surface area contributed by atoms with Crippen molar-refractivity contribution in [1.29, 1.82) is 0 Å². The number of fused-ring (bicyclic) bond motifs is 12. The van der Waals surface area contributed by atoms with Gasteiger partial charge in [0.05, 0.1) is 14.8 Å². The summed E-state index contributed by atoms with van der Waals surface area (Å²) in [6, 6.07) is 71.8. The fourth-order valence-electron chi connectivity index (χ4n) is 11.7. The van der Waals surface area contributed by atoms with Crippen LogP contribution >= 0.6 is 0 Å². The van der Waals surface area contributed by atoms with Crippen molar-refractivity contribution in [2.75, 3.05) is 54.0 Å². The van der Waals surface area contributed by atoms with E-state index in [-0.39, 0.29) is 17.1 Å². The number of anilines is 3. The summed E-state index contributed by atoms with van der Waals surface area (Å²) >= 11 is 0. The van der Waals surface area contributed by atoms with Gasteiger partial charge < -0.3 is 14.7 Å². The van der Waals surface area contributed by atoms with Crippen LogP contribution in [0.5, 0.6) is 0 Å². The second kappa shape index (κ2) is 40.5. The van der Waals surface area contributed by atoms with Crippen LogP contribution < -0.4 is 14.7 Å². The molecule has 0 aliphatic rings. The molecule has 12 heteroatoms. The second-order valence-electron chi connectivity index (χ2n) is 25.2. The van der Waals surface area contributed by atoms with Crippen molar-refractivity contribution < 1.29 is 14.8 Å². The van der Waals surface area contributed by atoms with Crippen LogP contribution in [-0.2, 0) is 0 Å². The van der Waals surface area contributed by atoms with E-state index in [1.807, 2.05) is 18.2 Å². The Hall–Kier alpha value is -9.72. The summed E-state index contributed by atoms with van der Waals surface area (Å²) in [7, 11) is 0. The summed E-state index contributed by atoms with van der Waals surface area (Å²) in [5.41, 5.74) is 2.40. The van der Waals surface area contributed by atoms with Crippen LogP contribution in [0, 0.1) is 103 Å². The largest absolute Gasteiger partial charge is 0.371 e. The number of rotatable bonds is 36. The van der Waals surface area contributed by atoms with E-state index in [1.54, 1.807) is 18.2 Å². The zero-order chi connectivity index (χ0) is 68.3. The number of nitrogens with zero attached hydrogens (tertiary/aromatic N) is 6. The second-order valence-corrected chi connectivity index (χ2v) is 25.2. The molecular formula is C84H96N6O6. The molecule has 12 nitrogen and oxygen atoms in total. The smallest absolute Gasteiger partial charge is 0.271 e. The molecular weight excluding hydrogens is 1190 g/mol. The molecule has 0 aromatic heterocycles. The molecule has 0 spiro atoms. The molecule has 0 saturated heterocycles. The topological polar surface area (TPSA) is 139 Å². The van der Waals surface area contributed by atoms with E-state index in [0.717, 1.165) is 210 Å². The van der Waals surface area contributed by atoms with E-state index >= 15 is 0 Å². The van der Waals surface area contributed by atoms with E-state index in [9.17, 15) is 30.3 Å². The monoisotopic (exact) mass is 1280 g/mol. The predicted octanol–water partition coefficient (Wildman–Crippen LogP) is 22.9. The molecule has 7 aromatic carbocycles. The maximum atomic E-state index is 12.7. The van der Waals surface area contributed by atoms with Gasteiger partial charge in [-0.1, -0.05) is 230 Å². The van der Waals surface area contributed by atoms with Gasteiger partial charge in [-0.25, -0.2) is 0 Å². The molecule has 0 fully saturated rings. The lowest BCUT2D eigenvalue weighted by Gasteiger charge is -2.25. The summed E-state index contributed by atoms with van der Waals surface area (Å²) < 4.78 is 0. The molecule has 0 heterocycles. The fraction of sp³-hybridized carbons (Fsp3) is 0.429.